The Balaban J connectivity index is 1.99. The van der Waals surface area contributed by atoms with Gasteiger partial charge in [0, 0.05) is 13.1 Å². The Bertz CT molecular complexity index is 406. The Morgan fingerprint density at radius 1 is 1.53 bits per heavy atom. The molecule has 3 N–H and O–H groups in total. The van der Waals surface area contributed by atoms with Gasteiger partial charge < -0.3 is 10.8 Å². The number of hydrogen-bond acceptors (Lipinski definition) is 3. The Labute approximate surface area is 101 Å². The largest absolute Gasteiger partial charge is 0.478 e. The molecule has 0 bridgehead atoms. The van der Waals surface area contributed by atoms with Gasteiger partial charge in [0.1, 0.15) is 0 Å². The molecule has 4 heteroatoms. The maximum atomic E-state index is 10.9. The fraction of sp³-hybridized carbons (Fsp3) is 0.462. The second kappa shape index (κ2) is 5.29. The van der Waals surface area contributed by atoms with E-state index in [0.29, 0.717) is 11.5 Å². The Morgan fingerprint density at radius 2 is 2.35 bits per heavy atom. The molecule has 0 spiro atoms. The van der Waals surface area contributed by atoms with Crippen LogP contribution >= 0.6 is 0 Å². The number of hydrogen-bond donors (Lipinski definition) is 2. The molecule has 4 nitrogen and oxygen atoms in total. The minimum Gasteiger partial charge on any atom is -0.478 e. The summed E-state index contributed by atoms with van der Waals surface area (Å²) in [5.74, 6) is -0.272. The standard InChI is InChI=1S/C13H18N2O2/c14-7-11-4-5-15(9-11)8-10-2-1-3-12(6-10)13(16)17/h1-3,6,11H,4-5,7-9,14H2,(H,16,17). The van der Waals surface area contributed by atoms with E-state index in [4.69, 9.17) is 10.8 Å². The molecule has 1 heterocycles. The molecule has 1 aromatic carbocycles. The van der Waals surface area contributed by atoms with E-state index in [2.05, 4.69) is 4.90 Å². The van der Waals surface area contributed by atoms with Crippen LogP contribution in [0.25, 0.3) is 0 Å². The predicted molar refractivity (Wildman–Crippen MR) is 65.8 cm³/mol. The maximum absolute atomic E-state index is 10.9. The van der Waals surface area contributed by atoms with Crippen molar-refractivity contribution in [2.75, 3.05) is 19.6 Å². The maximum Gasteiger partial charge on any atom is 0.335 e. The monoisotopic (exact) mass is 234 g/mol. The molecular formula is C13H18N2O2. The van der Waals surface area contributed by atoms with E-state index in [0.717, 1.165) is 38.2 Å². The van der Waals surface area contributed by atoms with Gasteiger partial charge in [0.2, 0.25) is 0 Å². The van der Waals surface area contributed by atoms with Gasteiger partial charge in [0.25, 0.3) is 0 Å². The van der Waals surface area contributed by atoms with Gasteiger partial charge in [-0.15, -0.1) is 0 Å². The highest BCUT2D eigenvalue weighted by Gasteiger charge is 2.21. The third-order valence-corrected chi connectivity index (χ3v) is 3.28. The van der Waals surface area contributed by atoms with Crippen molar-refractivity contribution < 1.29 is 9.90 Å². The van der Waals surface area contributed by atoms with Gasteiger partial charge in [0.15, 0.2) is 0 Å². The number of aromatic carboxylic acids is 1. The average Bonchev–Trinajstić information content (AvgIpc) is 2.77. The molecule has 1 aromatic rings. The second-order valence-electron chi connectivity index (χ2n) is 4.63. The van der Waals surface area contributed by atoms with E-state index in [1.165, 1.54) is 0 Å². The predicted octanol–water partition coefficient (Wildman–Crippen LogP) is 1.17. The summed E-state index contributed by atoms with van der Waals surface area (Å²) >= 11 is 0. The van der Waals surface area contributed by atoms with Crippen LogP contribution in [0.5, 0.6) is 0 Å². The number of carboxylic acid groups (broad SMARTS) is 1. The van der Waals surface area contributed by atoms with Crippen LogP contribution in [-0.2, 0) is 6.54 Å². The zero-order chi connectivity index (χ0) is 12.3. The van der Waals surface area contributed by atoms with Crippen LogP contribution in [0.15, 0.2) is 24.3 Å². The first-order valence-electron chi connectivity index (χ1n) is 5.93. The molecule has 0 radical (unpaired) electrons. The normalized spacial score (nSPS) is 20.6. The third kappa shape index (κ3) is 3.05. The summed E-state index contributed by atoms with van der Waals surface area (Å²) < 4.78 is 0. The van der Waals surface area contributed by atoms with Crippen molar-refractivity contribution in [3.63, 3.8) is 0 Å². The van der Waals surface area contributed by atoms with Crippen molar-refractivity contribution in [1.82, 2.24) is 4.90 Å². The molecule has 0 saturated carbocycles. The first-order valence-corrected chi connectivity index (χ1v) is 5.93. The molecule has 2 rings (SSSR count). The van der Waals surface area contributed by atoms with Crippen LogP contribution in [0.1, 0.15) is 22.3 Å². The molecule has 17 heavy (non-hydrogen) atoms. The number of carbonyl (C=O) groups is 1. The van der Waals surface area contributed by atoms with E-state index in [1.807, 2.05) is 6.07 Å². The molecule has 0 aliphatic carbocycles. The van der Waals surface area contributed by atoms with E-state index in [1.54, 1.807) is 18.2 Å². The lowest BCUT2D eigenvalue weighted by atomic mass is 10.1. The quantitative estimate of drug-likeness (QED) is 0.820. The Kier molecular flexibility index (Phi) is 3.76. The summed E-state index contributed by atoms with van der Waals surface area (Å²) in [4.78, 5) is 13.2. The molecule has 0 aromatic heterocycles. The Hall–Kier alpha value is -1.39. The molecule has 0 amide bonds. The Morgan fingerprint density at radius 3 is 3.00 bits per heavy atom. The van der Waals surface area contributed by atoms with Crippen LogP contribution < -0.4 is 5.73 Å². The molecule has 1 fully saturated rings. The first kappa shape index (κ1) is 12.1. The summed E-state index contributed by atoms with van der Waals surface area (Å²) in [5.41, 5.74) is 7.07. The topological polar surface area (TPSA) is 66.6 Å². The van der Waals surface area contributed by atoms with Gasteiger partial charge in [-0.25, -0.2) is 4.79 Å². The van der Waals surface area contributed by atoms with E-state index in [9.17, 15) is 4.79 Å². The van der Waals surface area contributed by atoms with Crippen molar-refractivity contribution in [3.8, 4) is 0 Å². The number of benzene rings is 1. The molecular weight excluding hydrogens is 216 g/mol. The first-order chi connectivity index (χ1) is 8.19. The summed E-state index contributed by atoms with van der Waals surface area (Å²) in [6.07, 6.45) is 1.15. The van der Waals surface area contributed by atoms with E-state index < -0.39 is 5.97 Å². The smallest absolute Gasteiger partial charge is 0.335 e. The highest BCUT2D eigenvalue weighted by molar-refractivity contribution is 5.87. The molecule has 1 saturated heterocycles. The molecule has 1 unspecified atom stereocenters. The van der Waals surface area contributed by atoms with Gasteiger partial charge in [-0.05, 0) is 43.1 Å². The summed E-state index contributed by atoms with van der Waals surface area (Å²) in [6, 6.07) is 7.15. The van der Waals surface area contributed by atoms with Crippen molar-refractivity contribution in [3.05, 3.63) is 35.4 Å². The lowest BCUT2D eigenvalue weighted by Crippen LogP contribution is -2.22. The van der Waals surface area contributed by atoms with Crippen LogP contribution in [-0.4, -0.2) is 35.6 Å². The van der Waals surface area contributed by atoms with Crippen LogP contribution in [0.4, 0.5) is 0 Å². The zero-order valence-electron chi connectivity index (χ0n) is 9.80. The van der Waals surface area contributed by atoms with Crippen molar-refractivity contribution in [2.24, 2.45) is 11.7 Å². The lowest BCUT2D eigenvalue weighted by Gasteiger charge is -2.15. The van der Waals surface area contributed by atoms with Gasteiger partial charge in [-0.3, -0.25) is 4.90 Å². The van der Waals surface area contributed by atoms with Crippen LogP contribution in [0.2, 0.25) is 0 Å². The van der Waals surface area contributed by atoms with Crippen LogP contribution in [0.3, 0.4) is 0 Å². The van der Waals surface area contributed by atoms with Gasteiger partial charge in [-0.1, -0.05) is 12.1 Å². The highest BCUT2D eigenvalue weighted by atomic mass is 16.4. The van der Waals surface area contributed by atoms with E-state index >= 15 is 0 Å². The minimum atomic E-state index is -0.867. The number of carboxylic acids is 1. The summed E-state index contributed by atoms with van der Waals surface area (Å²) in [7, 11) is 0. The SMILES string of the molecule is NCC1CCN(Cc2cccc(C(=O)O)c2)C1. The van der Waals surface area contributed by atoms with Crippen molar-refractivity contribution in [1.29, 1.82) is 0 Å². The van der Waals surface area contributed by atoms with Crippen molar-refractivity contribution in [2.45, 2.75) is 13.0 Å². The number of nitrogens with two attached hydrogens (primary N) is 1. The zero-order valence-corrected chi connectivity index (χ0v) is 9.80. The fourth-order valence-corrected chi connectivity index (χ4v) is 2.31. The molecule has 1 aliphatic rings. The number of nitrogens with zero attached hydrogens (tertiary/aromatic N) is 1. The molecule has 1 aliphatic heterocycles. The van der Waals surface area contributed by atoms with Crippen molar-refractivity contribution >= 4 is 5.97 Å². The summed E-state index contributed by atoms with van der Waals surface area (Å²) in [5, 5.41) is 8.92. The second-order valence-corrected chi connectivity index (χ2v) is 4.63. The van der Waals surface area contributed by atoms with Gasteiger partial charge in [0.05, 0.1) is 5.56 Å². The van der Waals surface area contributed by atoms with Crippen LogP contribution in [0, 0.1) is 5.92 Å². The minimum absolute atomic E-state index is 0.358. The van der Waals surface area contributed by atoms with Gasteiger partial charge in [-0.2, -0.15) is 0 Å². The number of likely N-dealkylation sites (tertiary alicyclic amines) is 1. The van der Waals surface area contributed by atoms with Gasteiger partial charge >= 0.3 is 5.97 Å². The average molecular weight is 234 g/mol. The van der Waals surface area contributed by atoms with E-state index in [-0.39, 0.29) is 0 Å². The molecule has 1 atom stereocenters. The molecule has 92 valence electrons. The number of rotatable bonds is 4. The third-order valence-electron chi connectivity index (χ3n) is 3.28. The lowest BCUT2D eigenvalue weighted by molar-refractivity contribution is 0.0696. The fourth-order valence-electron chi connectivity index (χ4n) is 2.31. The highest BCUT2D eigenvalue weighted by Crippen LogP contribution is 2.18. The summed E-state index contributed by atoms with van der Waals surface area (Å²) in [6.45, 7) is 3.64.